The van der Waals surface area contributed by atoms with Gasteiger partial charge in [0.05, 0.1) is 22.9 Å². The van der Waals surface area contributed by atoms with Crippen molar-refractivity contribution in [3.63, 3.8) is 0 Å². The molecule has 0 aliphatic rings. The lowest BCUT2D eigenvalue weighted by Crippen LogP contribution is -2.27. The normalized spacial score (nSPS) is 10.5. The highest BCUT2D eigenvalue weighted by Crippen LogP contribution is 2.31. The van der Waals surface area contributed by atoms with Crippen molar-refractivity contribution in [2.75, 3.05) is 30.4 Å². The zero-order chi connectivity index (χ0) is 21.5. The van der Waals surface area contributed by atoms with Crippen molar-refractivity contribution in [3.05, 3.63) is 76.9 Å². The minimum absolute atomic E-state index is 0.251. The maximum atomic E-state index is 13.7. The Bertz CT molecular complexity index is 946. The number of pyridine rings is 1. The summed E-state index contributed by atoms with van der Waals surface area (Å²) in [5.74, 6) is 0.712. The summed E-state index contributed by atoms with van der Waals surface area (Å²) in [4.78, 5) is 19.6. The minimum Gasteiger partial charge on any atom is -0.493 e. The second-order valence-corrected chi connectivity index (χ2v) is 7.20. The van der Waals surface area contributed by atoms with E-state index in [-0.39, 0.29) is 5.91 Å². The van der Waals surface area contributed by atoms with Crippen LogP contribution in [-0.4, -0.2) is 31.1 Å². The summed E-state index contributed by atoms with van der Waals surface area (Å²) in [6.45, 7) is 2.93. The molecule has 7 heteroatoms. The van der Waals surface area contributed by atoms with E-state index in [0.717, 1.165) is 11.3 Å². The van der Waals surface area contributed by atoms with Crippen molar-refractivity contribution in [2.45, 2.75) is 13.3 Å². The molecule has 0 fully saturated rings. The molecule has 2 aromatic carbocycles. The number of anilines is 3. The fourth-order valence-electron chi connectivity index (χ4n) is 2.91. The van der Waals surface area contributed by atoms with E-state index in [2.05, 4.69) is 10.3 Å². The van der Waals surface area contributed by atoms with Gasteiger partial charge < -0.3 is 15.8 Å². The van der Waals surface area contributed by atoms with E-state index in [1.807, 2.05) is 50.4 Å². The SMILES string of the molecule is CNc1ccc(C(=O)N(c2ccc(C)cc2)c2ccc(Cl)cn2)c(OCCCN)c1. The molecule has 0 atom stereocenters. The second kappa shape index (κ2) is 10.1. The molecule has 6 nitrogen and oxygen atoms in total. The van der Waals surface area contributed by atoms with Gasteiger partial charge in [0.25, 0.3) is 5.91 Å². The molecule has 0 spiro atoms. The van der Waals surface area contributed by atoms with Crippen LogP contribution >= 0.6 is 11.6 Å². The summed E-state index contributed by atoms with van der Waals surface area (Å²) in [6, 6.07) is 16.5. The molecule has 1 heterocycles. The molecule has 3 N–H and O–H groups in total. The van der Waals surface area contributed by atoms with Crippen molar-refractivity contribution in [1.82, 2.24) is 4.98 Å². The van der Waals surface area contributed by atoms with Gasteiger partial charge in [0.15, 0.2) is 0 Å². The monoisotopic (exact) mass is 424 g/mol. The Balaban J connectivity index is 2.06. The van der Waals surface area contributed by atoms with E-state index < -0.39 is 0 Å². The van der Waals surface area contributed by atoms with Gasteiger partial charge in [0.2, 0.25) is 0 Å². The summed E-state index contributed by atoms with van der Waals surface area (Å²) in [5.41, 5.74) is 8.66. The molecule has 1 amide bonds. The molecule has 0 bridgehead atoms. The summed E-state index contributed by atoms with van der Waals surface area (Å²) < 4.78 is 5.89. The number of halogens is 1. The first-order valence-corrected chi connectivity index (χ1v) is 10.1. The number of ether oxygens (including phenoxy) is 1. The van der Waals surface area contributed by atoms with Crippen LogP contribution in [0.1, 0.15) is 22.3 Å². The van der Waals surface area contributed by atoms with Gasteiger partial charge >= 0.3 is 0 Å². The summed E-state index contributed by atoms with van der Waals surface area (Å²) in [6.07, 6.45) is 2.21. The van der Waals surface area contributed by atoms with E-state index >= 15 is 0 Å². The Hall–Kier alpha value is -3.09. The molecule has 3 rings (SSSR count). The standard InChI is InChI=1S/C23H25ClN4O2/c1-16-4-8-19(9-5-16)28(22-11-6-17(24)15-27-22)23(29)20-10-7-18(26-2)14-21(20)30-13-3-12-25/h4-11,14-15,26H,3,12-13,25H2,1-2H3. The van der Waals surface area contributed by atoms with Gasteiger partial charge in [-0.2, -0.15) is 0 Å². The number of hydrogen-bond acceptors (Lipinski definition) is 5. The highest BCUT2D eigenvalue weighted by molar-refractivity contribution is 6.30. The van der Waals surface area contributed by atoms with Crippen LogP contribution < -0.4 is 20.7 Å². The van der Waals surface area contributed by atoms with Gasteiger partial charge in [-0.15, -0.1) is 0 Å². The lowest BCUT2D eigenvalue weighted by molar-refractivity contribution is 0.0994. The van der Waals surface area contributed by atoms with Crippen LogP contribution in [0.4, 0.5) is 17.2 Å². The van der Waals surface area contributed by atoms with E-state index in [1.165, 1.54) is 6.20 Å². The number of hydrogen-bond donors (Lipinski definition) is 2. The first-order valence-electron chi connectivity index (χ1n) is 9.71. The number of carbonyl (C=O) groups is 1. The average Bonchev–Trinajstić information content (AvgIpc) is 2.76. The first kappa shape index (κ1) is 21.6. The third-order valence-corrected chi connectivity index (χ3v) is 4.77. The summed E-state index contributed by atoms with van der Waals surface area (Å²) >= 11 is 6.01. The Morgan fingerprint density at radius 2 is 1.93 bits per heavy atom. The van der Waals surface area contributed by atoms with Crippen LogP contribution in [0, 0.1) is 6.92 Å². The highest BCUT2D eigenvalue weighted by Gasteiger charge is 2.24. The molecule has 0 saturated carbocycles. The van der Waals surface area contributed by atoms with E-state index in [4.69, 9.17) is 22.1 Å². The van der Waals surface area contributed by atoms with Crippen LogP contribution in [-0.2, 0) is 0 Å². The topological polar surface area (TPSA) is 80.5 Å². The summed E-state index contributed by atoms with van der Waals surface area (Å²) in [7, 11) is 1.82. The Morgan fingerprint density at radius 1 is 1.17 bits per heavy atom. The lowest BCUT2D eigenvalue weighted by Gasteiger charge is -2.23. The van der Waals surface area contributed by atoms with E-state index in [0.29, 0.717) is 47.4 Å². The molecular formula is C23H25ClN4O2. The Kier molecular flexibility index (Phi) is 7.27. The maximum Gasteiger partial charge on any atom is 0.267 e. The summed E-state index contributed by atoms with van der Waals surface area (Å²) in [5, 5.41) is 3.57. The maximum absolute atomic E-state index is 13.7. The molecular weight excluding hydrogens is 400 g/mol. The predicted octanol–water partition coefficient (Wildman–Crippen LogP) is 4.79. The van der Waals surface area contributed by atoms with Gasteiger partial charge in [-0.05, 0) is 56.3 Å². The number of carbonyl (C=O) groups excluding carboxylic acids is 1. The van der Waals surface area contributed by atoms with Crippen LogP contribution in [0.3, 0.4) is 0 Å². The highest BCUT2D eigenvalue weighted by atomic mass is 35.5. The molecule has 30 heavy (non-hydrogen) atoms. The average molecular weight is 425 g/mol. The third kappa shape index (κ3) is 5.09. The number of aryl methyl sites for hydroxylation is 1. The molecule has 0 radical (unpaired) electrons. The number of nitrogens with zero attached hydrogens (tertiary/aromatic N) is 2. The van der Waals surface area contributed by atoms with Crippen LogP contribution in [0.25, 0.3) is 0 Å². The number of nitrogens with two attached hydrogens (primary N) is 1. The van der Waals surface area contributed by atoms with Gasteiger partial charge in [-0.25, -0.2) is 4.98 Å². The van der Waals surface area contributed by atoms with Crippen molar-refractivity contribution < 1.29 is 9.53 Å². The molecule has 0 saturated heterocycles. The van der Waals surface area contributed by atoms with Crippen LogP contribution in [0.2, 0.25) is 5.02 Å². The lowest BCUT2D eigenvalue weighted by atomic mass is 10.1. The number of benzene rings is 2. The smallest absolute Gasteiger partial charge is 0.267 e. The number of nitrogens with one attached hydrogen (secondary N) is 1. The quantitative estimate of drug-likeness (QED) is 0.508. The molecule has 0 unspecified atom stereocenters. The number of amides is 1. The molecule has 3 aromatic rings. The Morgan fingerprint density at radius 3 is 2.57 bits per heavy atom. The largest absolute Gasteiger partial charge is 0.493 e. The molecule has 1 aromatic heterocycles. The third-order valence-electron chi connectivity index (χ3n) is 4.54. The minimum atomic E-state index is -0.251. The van der Waals surface area contributed by atoms with Gasteiger partial charge in [0, 0.05) is 25.0 Å². The second-order valence-electron chi connectivity index (χ2n) is 6.76. The van der Waals surface area contributed by atoms with Crippen LogP contribution in [0.5, 0.6) is 5.75 Å². The first-order chi connectivity index (χ1) is 14.5. The van der Waals surface area contributed by atoms with Gasteiger partial charge in [0.1, 0.15) is 11.6 Å². The van der Waals surface area contributed by atoms with Gasteiger partial charge in [-0.1, -0.05) is 29.3 Å². The van der Waals surface area contributed by atoms with Crippen molar-refractivity contribution in [2.24, 2.45) is 5.73 Å². The molecule has 156 valence electrons. The van der Waals surface area contributed by atoms with E-state index in [1.54, 1.807) is 23.1 Å². The van der Waals surface area contributed by atoms with E-state index in [9.17, 15) is 4.79 Å². The van der Waals surface area contributed by atoms with Crippen LogP contribution in [0.15, 0.2) is 60.8 Å². The fourth-order valence-corrected chi connectivity index (χ4v) is 3.02. The zero-order valence-corrected chi connectivity index (χ0v) is 17.8. The number of aromatic nitrogens is 1. The zero-order valence-electron chi connectivity index (χ0n) is 17.1. The molecule has 0 aliphatic heterocycles. The predicted molar refractivity (Wildman–Crippen MR) is 122 cm³/mol. The van der Waals surface area contributed by atoms with Crippen molar-refractivity contribution >= 4 is 34.7 Å². The Labute approximate surface area is 181 Å². The number of rotatable bonds is 8. The fraction of sp³-hybridized carbons (Fsp3) is 0.217. The van der Waals surface area contributed by atoms with Gasteiger partial charge in [-0.3, -0.25) is 9.69 Å². The van der Waals surface area contributed by atoms with Crippen molar-refractivity contribution in [1.29, 1.82) is 0 Å². The molecule has 0 aliphatic carbocycles. The van der Waals surface area contributed by atoms with Crippen molar-refractivity contribution in [3.8, 4) is 5.75 Å².